The highest BCUT2D eigenvalue weighted by Crippen LogP contribution is 2.37. The summed E-state index contributed by atoms with van der Waals surface area (Å²) in [7, 11) is 1.70. The van der Waals surface area contributed by atoms with Gasteiger partial charge in [0.25, 0.3) is 0 Å². The molecule has 4 nitrogen and oxygen atoms in total. The maximum atomic E-state index is 4.94. The van der Waals surface area contributed by atoms with E-state index in [9.17, 15) is 0 Å². The molecule has 0 spiro atoms. The van der Waals surface area contributed by atoms with Crippen molar-refractivity contribution in [2.45, 2.75) is 25.3 Å². The standard InChI is InChI=1S/C11H17N3O/c1-15-5-4-12-6-9-7-13-11(14-8-9)10-2-3-10/h7-8,10,12H,2-6H2,1H3. The molecule has 0 aliphatic heterocycles. The van der Waals surface area contributed by atoms with Crippen LogP contribution in [0.25, 0.3) is 0 Å². The van der Waals surface area contributed by atoms with E-state index in [2.05, 4.69) is 15.3 Å². The topological polar surface area (TPSA) is 47.0 Å². The summed E-state index contributed by atoms with van der Waals surface area (Å²) >= 11 is 0. The monoisotopic (exact) mass is 207 g/mol. The number of hydrogen-bond acceptors (Lipinski definition) is 4. The molecule has 1 aromatic rings. The largest absolute Gasteiger partial charge is 0.383 e. The van der Waals surface area contributed by atoms with Crippen LogP contribution in [0.1, 0.15) is 30.1 Å². The lowest BCUT2D eigenvalue weighted by molar-refractivity contribution is 0.199. The Labute approximate surface area is 90.1 Å². The summed E-state index contributed by atoms with van der Waals surface area (Å²) in [6.07, 6.45) is 6.35. The normalized spacial score (nSPS) is 15.5. The van der Waals surface area contributed by atoms with Crippen LogP contribution in [0.4, 0.5) is 0 Å². The Morgan fingerprint density at radius 2 is 2.13 bits per heavy atom. The van der Waals surface area contributed by atoms with E-state index in [0.717, 1.165) is 31.1 Å². The molecule has 15 heavy (non-hydrogen) atoms. The Balaban J connectivity index is 1.76. The Morgan fingerprint density at radius 1 is 1.40 bits per heavy atom. The van der Waals surface area contributed by atoms with Crippen molar-refractivity contribution in [2.75, 3.05) is 20.3 Å². The van der Waals surface area contributed by atoms with Crippen LogP contribution in [0.3, 0.4) is 0 Å². The second-order valence-corrected chi connectivity index (χ2v) is 3.89. The van der Waals surface area contributed by atoms with Gasteiger partial charge in [-0.3, -0.25) is 0 Å². The van der Waals surface area contributed by atoms with Crippen LogP contribution in [0, 0.1) is 0 Å². The van der Waals surface area contributed by atoms with Gasteiger partial charge < -0.3 is 10.1 Å². The molecule has 0 radical (unpaired) electrons. The van der Waals surface area contributed by atoms with Gasteiger partial charge >= 0.3 is 0 Å². The predicted molar refractivity (Wildman–Crippen MR) is 57.6 cm³/mol. The Kier molecular flexibility index (Phi) is 3.64. The average Bonchev–Trinajstić information content (AvgIpc) is 3.09. The molecule has 82 valence electrons. The van der Waals surface area contributed by atoms with Gasteiger partial charge in [-0.2, -0.15) is 0 Å². The fourth-order valence-corrected chi connectivity index (χ4v) is 1.42. The van der Waals surface area contributed by atoms with E-state index in [-0.39, 0.29) is 0 Å². The van der Waals surface area contributed by atoms with Gasteiger partial charge in [0.2, 0.25) is 0 Å². The van der Waals surface area contributed by atoms with Crippen molar-refractivity contribution in [3.8, 4) is 0 Å². The van der Waals surface area contributed by atoms with Gasteiger partial charge in [-0.25, -0.2) is 9.97 Å². The number of hydrogen-bond donors (Lipinski definition) is 1. The average molecular weight is 207 g/mol. The van der Waals surface area contributed by atoms with E-state index in [1.807, 2.05) is 12.4 Å². The summed E-state index contributed by atoms with van der Waals surface area (Å²) < 4.78 is 4.94. The van der Waals surface area contributed by atoms with Crippen LogP contribution in [-0.4, -0.2) is 30.2 Å². The molecule has 0 aromatic carbocycles. The molecular weight excluding hydrogens is 190 g/mol. The van der Waals surface area contributed by atoms with Crippen molar-refractivity contribution in [1.29, 1.82) is 0 Å². The van der Waals surface area contributed by atoms with E-state index >= 15 is 0 Å². The number of rotatable bonds is 6. The van der Waals surface area contributed by atoms with Crippen LogP contribution >= 0.6 is 0 Å². The molecule has 4 heteroatoms. The summed E-state index contributed by atoms with van der Waals surface area (Å²) in [4.78, 5) is 8.71. The fourth-order valence-electron chi connectivity index (χ4n) is 1.42. The molecule has 0 amide bonds. The number of methoxy groups -OCH3 is 1. The maximum Gasteiger partial charge on any atom is 0.131 e. The Bertz CT molecular complexity index is 295. The molecule has 1 N–H and O–H groups in total. The van der Waals surface area contributed by atoms with Gasteiger partial charge in [-0.1, -0.05) is 0 Å². The molecular formula is C11H17N3O. The van der Waals surface area contributed by atoms with Gasteiger partial charge in [0, 0.05) is 44.1 Å². The lowest BCUT2D eigenvalue weighted by Gasteiger charge is -2.04. The second-order valence-electron chi connectivity index (χ2n) is 3.89. The maximum absolute atomic E-state index is 4.94. The predicted octanol–water partition coefficient (Wildman–Crippen LogP) is 1.09. The molecule has 0 saturated heterocycles. The van der Waals surface area contributed by atoms with Gasteiger partial charge in [0.05, 0.1) is 6.61 Å². The van der Waals surface area contributed by atoms with Crippen LogP contribution in [0.5, 0.6) is 0 Å². The van der Waals surface area contributed by atoms with Crippen molar-refractivity contribution < 1.29 is 4.74 Å². The third-order valence-electron chi connectivity index (χ3n) is 2.48. The fraction of sp³-hybridized carbons (Fsp3) is 0.636. The molecule has 0 bridgehead atoms. The first kappa shape index (κ1) is 10.5. The van der Waals surface area contributed by atoms with Gasteiger partial charge in [0.15, 0.2) is 0 Å². The van der Waals surface area contributed by atoms with E-state index in [1.54, 1.807) is 7.11 Å². The first-order chi connectivity index (χ1) is 7.40. The van der Waals surface area contributed by atoms with E-state index in [0.29, 0.717) is 5.92 Å². The highest BCUT2D eigenvalue weighted by Gasteiger charge is 2.25. The van der Waals surface area contributed by atoms with E-state index in [4.69, 9.17) is 4.74 Å². The zero-order valence-corrected chi connectivity index (χ0v) is 9.07. The summed E-state index contributed by atoms with van der Waals surface area (Å²) in [6.45, 7) is 2.41. The Hall–Kier alpha value is -1.00. The van der Waals surface area contributed by atoms with Crippen LogP contribution < -0.4 is 5.32 Å². The minimum Gasteiger partial charge on any atom is -0.383 e. The van der Waals surface area contributed by atoms with Gasteiger partial charge in [-0.05, 0) is 12.8 Å². The summed E-state index contributed by atoms with van der Waals surface area (Å²) in [5.74, 6) is 1.65. The minimum atomic E-state index is 0.639. The second kappa shape index (κ2) is 5.19. The molecule has 1 aliphatic rings. The lowest BCUT2D eigenvalue weighted by atomic mass is 10.3. The third kappa shape index (κ3) is 3.25. The van der Waals surface area contributed by atoms with Crippen LogP contribution in [-0.2, 0) is 11.3 Å². The van der Waals surface area contributed by atoms with Crippen molar-refractivity contribution in [3.63, 3.8) is 0 Å². The summed E-state index contributed by atoms with van der Waals surface area (Å²) in [5.41, 5.74) is 1.13. The zero-order valence-electron chi connectivity index (χ0n) is 9.07. The van der Waals surface area contributed by atoms with Gasteiger partial charge in [-0.15, -0.1) is 0 Å². The molecule has 1 aromatic heterocycles. The number of nitrogens with zero attached hydrogens (tertiary/aromatic N) is 2. The van der Waals surface area contributed by atoms with Crippen molar-refractivity contribution in [1.82, 2.24) is 15.3 Å². The number of aromatic nitrogens is 2. The van der Waals surface area contributed by atoms with E-state index < -0.39 is 0 Å². The third-order valence-corrected chi connectivity index (χ3v) is 2.48. The number of ether oxygens (including phenoxy) is 1. The molecule has 1 fully saturated rings. The van der Waals surface area contributed by atoms with E-state index in [1.165, 1.54) is 12.8 Å². The Morgan fingerprint density at radius 3 is 2.73 bits per heavy atom. The minimum absolute atomic E-state index is 0.639. The van der Waals surface area contributed by atoms with Crippen molar-refractivity contribution >= 4 is 0 Å². The molecule has 1 heterocycles. The molecule has 2 rings (SSSR count). The first-order valence-corrected chi connectivity index (χ1v) is 5.40. The molecule has 1 saturated carbocycles. The van der Waals surface area contributed by atoms with Crippen LogP contribution in [0.2, 0.25) is 0 Å². The van der Waals surface area contributed by atoms with Crippen molar-refractivity contribution in [3.05, 3.63) is 23.8 Å². The van der Waals surface area contributed by atoms with Crippen LogP contribution in [0.15, 0.2) is 12.4 Å². The highest BCUT2D eigenvalue weighted by atomic mass is 16.5. The first-order valence-electron chi connectivity index (χ1n) is 5.40. The molecule has 0 unspecified atom stereocenters. The number of nitrogens with one attached hydrogen (secondary N) is 1. The molecule has 0 atom stereocenters. The molecule has 1 aliphatic carbocycles. The SMILES string of the molecule is COCCNCc1cnc(C2CC2)nc1. The van der Waals surface area contributed by atoms with Gasteiger partial charge in [0.1, 0.15) is 5.82 Å². The zero-order chi connectivity index (χ0) is 10.5. The quantitative estimate of drug-likeness (QED) is 0.709. The lowest BCUT2D eigenvalue weighted by Crippen LogP contribution is -2.18. The summed E-state index contributed by atoms with van der Waals surface area (Å²) in [5, 5.41) is 3.26. The summed E-state index contributed by atoms with van der Waals surface area (Å²) in [6, 6.07) is 0. The smallest absolute Gasteiger partial charge is 0.131 e. The highest BCUT2D eigenvalue weighted by molar-refractivity contribution is 5.10. The van der Waals surface area contributed by atoms with Crippen molar-refractivity contribution in [2.24, 2.45) is 0 Å².